The smallest absolute Gasteiger partial charge is 0.394 e. The second kappa shape index (κ2) is 7.89. The Hall–Kier alpha value is -0.230. The van der Waals surface area contributed by atoms with E-state index in [2.05, 4.69) is 43.2 Å². The molecule has 0 spiro atoms. The standard InChI is InChI=1S/C17H22Br2N2O.H2O4S/c18-13-3-12(15(20)14(19)4-13)8-21-16-10-1-9-2-11(16)7-17(22,5-9)6-10;1-5(2,3)4/h3-4,9-11,16,21-22H,1-2,5-8,20H2;(H2,1,2,3,4). The summed E-state index contributed by atoms with van der Waals surface area (Å²) in [5.41, 5.74) is 7.78. The van der Waals surface area contributed by atoms with Gasteiger partial charge in [-0.3, -0.25) is 9.11 Å². The van der Waals surface area contributed by atoms with Crippen LogP contribution in [0.1, 0.15) is 37.7 Å². The Bertz CT molecular complexity index is 796. The van der Waals surface area contributed by atoms with Crippen LogP contribution in [0, 0.1) is 17.8 Å². The lowest BCUT2D eigenvalue weighted by Gasteiger charge is -2.58. The molecule has 1 aromatic rings. The molecule has 5 rings (SSSR count). The number of hydrogen-bond acceptors (Lipinski definition) is 5. The van der Waals surface area contributed by atoms with Gasteiger partial charge in [0.15, 0.2) is 0 Å². The van der Waals surface area contributed by atoms with Gasteiger partial charge in [0, 0.05) is 21.5 Å². The van der Waals surface area contributed by atoms with Gasteiger partial charge in [0.05, 0.1) is 11.3 Å². The van der Waals surface area contributed by atoms with E-state index in [0.717, 1.165) is 51.9 Å². The zero-order chi connectivity index (χ0) is 20.0. The fourth-order valence-corrected chi connectivity index (χ4v) is 6.64. The van der Waals surface area contributed by atoms with Gasteiger partial charge in [-0.2, -0.15) is 8.42 Å². The zero-order valence-corrected chi connectivity index (χ0v) is 18.6. The van der Waals surface area contributed by atoms with E-state index in [1.807, 2.05) is 6.07 Å². The first-order valence-corrected chi connectivity index (χ1v) is 11.8. The fourth-order valence-electron chi connectivity index (χ4n) is 5.33. The summed E-state index contributed by atoms with van der Waals surface area (Å²) in [6.45, 7) is 0.796. The third kappa shape index (κ3) is 5.43. The van der Waals surface area contributed by atoms with Gasteiger partial charge in [-0.1, -0.05) is 15.9 Å². The topological polar surface area (TPSA) is 133 Å². The van der Waals surface area contributed by atoms with E-state index < -0.39 is 10.4 Å². The molecular formula is C17H24Br2N2O5S. The highest BCUT2D eigenvalue weighted by molar-refractivity contribution is 9.11. The largest absolute Gasteiger partial charge is 0.398 e. The normalized spacial score (nSPS) is 34.3. The second-order valence-electron chi connectivity index (χ2n) is 8.01. The molecular weight excluding hydrogens is 504 g/mol. The van der Waals surface area contributed by atoms with Crippen LogP contribution in [0.2, 0.25) is 0 Å². The van der Waals surface area contributed by atoms with Crippen molar-refractivity contribution >= 4 is 47.9 Å². The van der Waals surface area contributed by atoms with Crippen molar-refractivity contribution in [3.8, 4) is 0 Å². The maximum atomic E-state index is 10.7. The maximum Gasteiger partial charge on any atom is 0.394 e. The number of nitrogens with one attached hydrogen (secondary N) is 1. The Labute approximate surface area is 175 Å². The third-order valence-corrected chi connectivity index (χ3v) is 7.06. The summed E-state index contributed by atoms with van der Waals surface area (Å²) in [5, 5.41) is 14.4. The minimum Gasteiger partial charge on any atom is -0.398 e. The van der Waals surface area contributed by atoms with E-state index in [1.165, 1.54) is 12.8 Å². The monoisotopic (exact) mass is 526 g/mol. The quantitative estimate of drug-likeness (QED) is 0.301. The van der Waals surface area contributed by atoms with Crippen LogP contribution < -0.4 is 11.1 Å². The van der Waals surface area contributed by atoms with Crippen molar-refractivity contribution in [1.82, 2.24) is 5.32 Å². The molecule has 2 unspecified atom stereocenters. The van der Waals surface area contributed by atoms with Crippen molar-refractivity contribution in [1.29, 1.82) is 0 Å². The summed E-state index contributed by atoms with van der Waals surface area (Å²) < 4.78 is 33.6. The number of nitrogen functional groups attached to an aromatic ring is 1. The number of rotatable bonds is 3. The molecule has 0 amide bonds. The van der Waals surface area contributed by atoms with Gasteiger partial charge in [0.2, 0.25) is 0 Å². The molecule has 7 nitrogen and oxygen atoms in total. The molecule has 4 fully saturated rings. The molecule has 4 aliphatic rings. The average Bonchev–Trinajstić information content (AvgIpc) is 2.47. The molecule has 10 heteroatoms. The van der Waals surface area contributed by atoms with Gasteiger partial charge in [-0.05, 0) is 83.5 Å². The number of nitrogens with two attached hydrogens (primary N) is 1. The third-order valence-electron chi connectivity index (χ3n) is 5.95. The van der Waals surface area contributed by atoms with Gasteiger partial charge < -0.3 is 16.2 Å². The lowest BCUT2D eigenvalue weighted by Crippen LogP contribution is -2.60. The lowest BCUT2D eigenvalue weighted by atomic mass is 9.52. The molecule has 2 atom stereocenters. The molecule has 4 bridgehead atoms. The lowest BCUT2D eigenvalue weighted by molar-refractivity contribution is -0.138. The van der Waals surface area contributed by atoms with Crippen molar-refractivity contribution in [2.24, 2.45) is 17.8 Å². The molecule has 1 aromatic carbocycles. The van der Waals surface area contributed by atoms with E-state index >= 15 is 0 Å². The van der Waals surface area contributed by atoms with E-state index in [9.17, 15) is 5.11 Å². The molecule has 27 heavy (non-hydrogen) atoms. The molecule has 0 aromatic heterocycles. The highest BCUT2D eigenvalue weighted by atomic mass is 79.9. The van der Waals surface area contributed by atoms with Gasteiger partial charge in [-0.25, -0.2) is 0 Å². The Kier molecular flexibility index (Phi) is 6.28. The van der Waals surface area contributed by atoms with Crippen molar-refractivity contribution in [2.75, 3.05) is 5.73 Å². The van der Waals surface area contributed by atoms with Crippen LogP contribution in [0.4, 0.5) is 5.69 Å². The molecule has 4 saturated carbocycles. The summed E-state index contributed by atoms with van der Waals surface area (Å²) in [6.07, 6.45) is 5.57. The predicted molar refractivity (Wildman–Crippen MR) is 110 cm³/mol. The fraction of sp³-hybridized carbons (Fsp3) is 0.647. The Morgan fingerprint density at radius 3 is 2.22 bits per heavy atom. The van der Waals surface area contributed by atoms with Crippen molar-refractivity contribution < 1.29 is 22.6 Å². The minimum absolute atomic E-state index is 0.355. The maximum absolute atomic E-state index is 10.7. The van der Waals surface area contributed by atoms with Gasteiger partial charge in [0.1, 0.15) is 0 Å². The SMILES string of the molecule is Nc1c(Br)cc(Br)cc1CNC1C2CC3CC1CC(O)(C3)C2.O=S(=O)(O)O. The van der Waals surface area contributed by atoms with Gasteiger partial charge in [-0.15, -0.1) is 0 Å². The first-order valence-electron chi connectivity index (χ1n) is 8.82. The van der Waals surface area contributed by atoms with Crippen LogP contribution in [0.15, 0.2) is 21.1 Å². The predicted octanol–water partition coefficient (Wildman–Crippen LogP) is 3.17. The van der Waals surface area contributed by atoms with Crippen LogP contribution >= 0.6 is 31.9 Å². The van der Waals surface area contributed by atoms with Gasteiger partial charge >= 0.3 is 10.4 Å². The first kappa shape index (κ1) is 21.5. The van der Waals surface area contributed by atoms with E-state index in [-0.39, 0.29) is 5.60 Å². The van der Waals surface area contributed by atoms with E-state index in [4.69, 9.17) is 23.3 Å². The molecule has 0 aliphatic heterocycles. The highest BCUT2D eigenvalue weighted by Gasteiger charge is 2.54. The van der Waals surface area contributed by atoms with Crippen molar-refractivity contribution in [2.45, 2.75) is 50.3 Å². The van der Waals surface area contributed by atoms with Crippen molar-refractivity contribution in [3.05, 3.63) is 26.6 Å². The summed E-state index contributed by atoms with van der Waals surface area (Å²) in [7, 11) is -4.67. The number of benzene rings is 1. The Morgan fingerprint density at radius 2 is 1.70 bits per heavy atom. The van der Waals surface area contributed by atoms with Crippen LogP contribution in [0.5, 0.6) is 0 Å². The van der Waals surface area contributed by atoms with E-state index in [0.29, 0.717) is 17.9 Å². The number of hydrogen-bond donors (Lipinski definition) is 5. The van der Waals surface area contributed by atoms with Crippen LogP contribution in [-0.2, 0) is 16.9 Å². The van der Waals surface area contributed by atoms with Crippen LogP contribution in [0.3, 0.4) is 0 Å². The summed E-state index contributed by atoms with van der Waals surface area (Å²) in [5.74, 6) is 2.02. The molecule has 152 valence electrons. The molecule has 6 N–H and O–H groups in total. The van der Waals surface area contributed by atoms with Crippen molar-refractivity contribution in [3.63, 3.8) is 0 Å². The van der Waals surface area contributed by atoms with E-state index in [1.54, 1.807) is 0 Å². The Morgan fingerprint density at radius 1 is 1.15 bits per heavy atom. The van der Waals surface area contributed by atoms with Gasteiger partial charge in [0.25, 0.3) is 0 Å². The highest BCUT2D eigenvalue weighted by Crippen LogP contribution is 2.55. The molecule has 0 heterocycles. The van der Waals surface area contributed by atoms with Crippen LogP contribution in [-0.4, -0.2) is 34.3 Å². The summed E-state index contributed by atoms with van der Waals surface area (Å²) >= 11 is 7.05. The summed E-state index contributed by atoms with van der Waals surface area (Å²) in [4.78, 5) is 0. The molecule has 4 aliphatic carbocycles. The minimum atomic E-state index is -4.67. The number of halogens is 2. The number of anilines is 1. The zero-order valence-electron chi connectivity index (χ0n) is 14.6. The summed E-state index contributed by atoms with van der Waals surface area (Å²) in [6, 6.07) is 4.61. The first-order chi connectivity index (χ1) is 12.4. The molecule has 0 radical (unpaired) electrons. The Balaban J connectivity index is 0.000000376. The van der Waals surface area contributed by atoms with Crippen LogP contribution in [0.25, 0.3) is 0 Å². The number of aliphatic hydroxyl groups is 1. The molecule has 0 saturated heterocycles. The average molecular weight is 528 g/mol. The second-order valence-corrected chi connectivity index (χ2v) is 10.7.